The highest BCUT2D eigenvalue weighted by atomic mass is 16.3. The maximum absolute atomic E-state index is 12.8. The van der Waals surface area contributed by atoms with Gasteiger partial charge in [0.2, 0.25) is 0 Å². The predicted molar refractivity (Wildman–Crippen MR) is 90.6 cm³/mol. The van der Waals surface area contributed by atoms with E-state index in [1.807, 2.05) is 31.2 Å². The van der Waals surface area contributed by atoms with Gasteiger partial charge in [0.15, 0.2) is 0 Å². The van der Waals surface area contributed by atoms with Crippen LogP contribution in [0.5, 0.6) is 0 Å². The third kappa shape index (κ3) is 2.36. The SMILES string of the molecule is Cc1cc2cc(C(=O)N[C@H]3C4CCN(CC4)C3(C)C)ccc2o1. The Kier molecular flexibility index (Phi) is 3.27. The van der Waals surface area contributed by atoms with Crippen molar-refractivity contribution < 1.29 is 9.21 Å². The van der Waals surface area contributed by atoms with E-state index in [1.165, 1.54) is 12.8 Å². The molecule has 2 bridgehead atoms. The number of carbonyl (C=O) groups is 1. The molecule has 0 spiro atoms. The Morgan fingerprint density at radius 2 is 2.00 bits per heavy atom. The second-order valence-corrected chi connectivity index (χ2v) is 7.54. The highest BCUT2D eigenvalue weighted by molar-refractivity contribution is 5.98. The van der Waals surface area contributed by atoms with Crippen molar-refractivity contribution in [1.29, 1.82) is 0 Å². The molecule has 3 aliphatic heterocycles. The monoisotopic (exact) mass is 312 g/mol. The molecule has 23 heavy (non-hydrogen) atoms. The predicted octanol–water partition coefficient (Wildman–Crippen LogP) is 3.34. The van der Waals surface area contributed by atoms with Gasteiger partial charge in [0.1, 0.15) is 11.3 Å². The van der Waals surface area contributed by atoms with Crippen molar-refractivity contribution in [2.45, 2.75) is 45.2 Å². The minimum absolute atomic E-state index is 0.0255. The number of hydrogen-bond donors (Lipinski definition) is 1. The molecular formula is C19H24N2O2. The van der Waals surface area contributed by atoms with Crippen LogP contribution in [0.1, 0.15) is 42.8 Å². The van der Waals surface area contributed by atoms with Gasteiger partial charge in [0, 0.05) is 22.5 Å². The first-order valence-electron chi connectivity index (χ1n) is 8.51. The molecule has 1 N–H and O–H groups in total. The molecule has 3 aliphatic rings. The summed E-state index contributed by atoms with van der Waals surface area (Å²) < 4.78 is 5.59. The molecule has 4 heterocycles. The van der Waals surface area contributed by atoms with Crippen LogP contribution in [0.15, 0.2) is 28.7 Å². The van der Waals surface area contributed by atoms with Crippen molar-refractivity contribution in [2.75, 3.05) is 13.1 Å². The fourth-order valence-corrected chi connectivity index (χ4v) is 4.42. The maximum Gasteiger partial charge on any atom is 0.251 e. The van der Waals surface area contributed by atoms with Crippen LogP contribution in [0.25, 0.3) is 11.0 Å². The van der Waals surface area contributed by atoms with Gasteiger partial charge in [0.05, 0.1) is 0 Å². The highest BCUT2D eigenvalue weighted by Crippen LogP contribution is 2.39. The Morgan fingerprint density at radius 1 is 1.26 bits per heavy atom. The molecule has 0 saturated carbocycles. The van der Waals surface area contributed by atoms with Crippen molar-refractivity contribution in [2.24, 2.45) is 5.92 Å². The van der Waals surface area contributed by atoms with Gasteiger partial charge in [-0.25, -0.2) is 0 Å². The summed E-state index contributed by atoms with van der Waals surface area (Å²) in [4.78, 5) is 15.3. The number of nitrogens with one attached hydrogen (secondary N) is 1. The van der Waals surface area contributed by atoms with Crippen LogP contribution in [0, 0.1) is 12.8 Å². The average molecular weight is 312 g/mol. The minimum atomic E-state index is 0.0255. The van der Waals surface area contributed by atoms with Crippen molar-refractivity contribution in [3.8, 4) is 0 Å². The number of amides is 1. The van der Waals surface area contributed by atoms with Crippen LogP contribution in [0.3, 0.4) is 0 Å². The van der Waals surface area contributed by atoms with E-state index >= 15 is 0 Å². The molecule has 3 saturated heterocycles. The summed E-state index contributed by atoms with van der Waals surface area (Å²) in [6.45, 7) is 8.75. The van der Waals surface area contributed by atoms with Crippen LogP contribution in [0.4, 0.5) is 0 Å². The van der Waals surface area contributed by atoms with E-state index in [9.17, 15) is 4.79 Å². The summed E-state index contributed by atoms with van der Waals surface area (Å²) in [5.41, 5.74) is 1.58. The first kappa shape index (κ1) is 14.8. The van der Waals surface area contributed by atoms with Crippen LogP contribution < -0.4 is 5.32 Å². The molecule has 4 heteroatoms. The molecule has 1 amide bonds. The molecule has 0 unspecified atom stereocenters. The number of benzene rings is 1. The third-order valence-electron chi connectivity index (χ3n) is 5.78. The van der Waals surface area contributed by atoms with E-state index in [0.29, 0.717) is 11.5 Å². The Hall–Kier alpha value is -1.81. The van der Waals surface area contributed by atoms with Crippen LogP contribution in [-0.4, -0.2) is 35.5 Å². The number of fused-ring (bicyclic) bond motifs is 4. The lowest BCUT2D eigenvalue weighted by molar-refractivity contribution is -0.0378. The van der Waals surface area contributed by atoms with Gasteiger partial charge in [0.25, 0.3) is 5.91 Å². The lowest BCUT2D eigenvalue weighted by Gasteiger charge is -2.56. The molecule has 2 aromatic rings. The normalized spacial score (nSPS) is 28.9. The summed E-state index contributed by atoms with van der Waals surface area (Å²) in [6, 6.07) is 7.87. The molecular weight excluding hydrogens is 288 g/mol. The van der Waals surface area contributed by atoms with Crippen LogP contribution >= 0.6 is 0 Å². The molecule has 5 rings (SSSR count). The van der Waals surface area contributed by atoms with Crippen LogP contribution in [-0.2, 0) is 0 Å². The molecule has 4 nitrogen and oxygen atoms in total. The van der Waals surface area contributed by atoms with Gasteiger partial charge in [-0.15, -0.1) is 0 Å². The molecule has 3 fully saturated rings. The smallest absolute Gasteiger partial charge is 0.251 e. The molecule has 1 aromatic carbocycles. The fraction of sp³-hybridized carbons (Fsp3) is 0.526. The number of rotatable bonds is 2. The second-order valence-electron chi connectivity index (χ2n) is 7.54. The quantitative estimate of drug-likeness (QED) is 0.925. The van der Waals surface area contributed by atoms with Crippen molar-refractivity contribution in [1.82, 2.24) is 10.2 Å². The van der Waals surface area contributed by atoms with E-state index in [-0.39, 0.29) is 17.5 Å². The highest BCUT2D eigenvalue weighted by Gasteiger charge is 2.48. The van der Waals surface area contributed by atoms with Gasteiger partial charge in [-0.05, 0) is 76.9 Å². The van der Waals surface area contributed by atoms with Crippen molar-refractivity contribution in [3.05, 3.63) is 35.6 Å². The first-order chi connectivity index (χ1) is 10.9. The van der Waals surface area contributed by atoms with Crippen molar-refractivity contribution >= 4 is 16.9 Å². The van der Waals surface area contributed by atoms with Gasteiger partial charge < -0.3 is 9.73 Å². The standard InChI is InChI=1S/C19H24N2O2/c1-12-10-15-11-14(4-5-16(15)23-12)18(22)20-17-13-6-8-21(9-7-13)19(17,2)3/h4-5,10-11,13,17H,6-9H2,1-3H3,(H,20,22)/t17-/m0/s1. The summed E-state index contributed by atoms with van der Waals surface area (Å²) >= 11 is 0. The summed E-state index contributed by atoms with van der Waals surface area (Å²) in [5, 5.41) is 4.31. The van der Waals surface area contributed by atoms with Crippen LogP contribution in [0.2, 0.25) is 0 Å². The molecule has 1 aromatic heterocycles. The minimum Gasteiger partial charge on any atom is -0.461 e. The summed E-state index contributed by atoms with van der Waals surface area (Å²) in [6.07, 6.45) is 2.38. The van der Waals surface area contributed by atoms with E-state index in [0.717, 1.165) is 29.8 Å². The zero-order valence-corrected chi connectivity index (χ0v) is 14.1. The second kappa shape index (κ2) is 5.10. The summed E-state index contributed by atoms with van der Waals surface area (Å²) in [7, 11) is 0. The van der Waals surface area contributed by atoms with Gasteiger partial charge in [-0.3, -0.25) is 9.69 Å². The Morgan fingerprint density at radius 3 is 2.70 bits per heavy atom. The number of aryl methyl sites for hydroxylation is 1. The Balaban J connectivity index is 1.58. The van der Waals surface area contributed by atoms with Crippen molar-refractivity contribution in [3.63, 3.8) is 0 Å². The number of hydrogen-bond acceptors (Lipinski definition) is 3. The topological polar surface area (TPSA) is 45.5 Å². The maximum atomic E-state index is 12.8. The Labute approximate surface area is 136 Å². The van der Waals surface area contributed by atoms with E-state index in [1.54, 1.807) is 0 Å². The first-order valence-corrected chi connectivity index (χ1v) is 8.51. The van der Waals surface area contributed by atoms with Gasteiger partial charge in [-0.1, -0.05) is 0 Å². The zero-order chi connectivity index (χ0) is 16.2. The molecule has 1 atom stereocenters. The average Bonchev–Trinajstić information content (AvgIpc) is 2.90. The van der Waals surface area contributed by atoms with Gasteiger partial charge in [-0.2, -0.15) is 0 Å². The van der Waals surface area contributed by atoms with E-state index in [4.69, 9.17) is 4.42 Å². The largest absolute Gasteiger partial charge is 0.461 e. The third-order valence-corrected chi connectivity index (χ3v) is 5.78. The zero-order valence-electron chi connectivity index (χ0n) is 14.1. The van der Waals surface area contributed by atoms with E-state index < -0.39 is 0 Å². The summed E-state index contributed by atoms with van der Waals surface area (Å²) in [5.74, 6) is 1.49. The molecule has 0 radical (unpaired) electrons. The van der Waals surface area contributed by atoms with E-state index in [2.05, 4.69) is 24.1 Å². The number of piperidine rings is 3. The Bertz CT molecular complexity index is 754. The fourth-order valence-electron chi connectivity index (χ4n) is 4.42. The molecule has 0 aliphatic carbocycles. The molecule has 122 valence electrons. The number of nitrogens with zero attached hydrogens (tertiary/aromatic N) is 1. The lowest BCUT2D eigenvalue weighted by Crippen LogP contribution is -2.69. The number of furan rings is 1. The lowest BCUT2D eigenvalue weighted by atomic mass is 9.72. The van der Waals surface area contributed by atoms with Gasteiger partial charge >= 0.3 is 0 Å². The number of carbonyl (C=O) groups excluding carboxylic acids is 1.